The van der Waals surface area contributed by atoms with E-state index in [9.17, 15) is 9.59 Å². The Morgan fingerprint density at radius 3 is 2.36 bits per heavy atom. The van der Waals surface area contributed by atoms with E-state index >= 15 is 0 Å². The second-order valence-electron chi connectivity index (χ2n) is 5.76. The van der Waals surface area contributed by atoms with Gasteiger partial charge in [-0.2, -0.15) is 0 Å². The van der Waals surface area contributed by atoms with Crippen molar-refractivity contribution in [3.05, 3.63) is 0 Å². The number of terminal acetylenes is 1. The molecule has 0 radical (unpaired) electrons. The predicted molar refractivity (Wildman–Crippen MR) is 88.7 cm³/mol. The highest BCUT2D eigenvalue weighted by Gasteiger charge is 2.45. The van der Waals surface area contributed by atoms with Gasteiger partial charge in [-0.05, 0) is 33.1 Å². The number of carbonyl (C=O) groups excluding carboxylic acids is 2. The number of hydrogen-bond acceptors (Lipinski definition) is 4. The van der Waals surface area contributed by atoms with Gasteiger partial charge in [-0.15, -0.1) is 12.3 Å². The van der Waals surface area contributed by atoms with Crippen LogP contribution in [0.25, 0.3) is 0 Å². The summed E-state index contributed by atoms with van der Waals surface area (Å²) < 4.78 is 0. The third-order valence-corrected chi connectivity index (χ3v) is 3.28. The molecular weight excluding hydrogens is 280 g/mol. The molecule has 6 nitrogen and oxygen atoms in total. The number of nitrogens with zero attached hydrogens (tertiary/aromatic N) is 2. The Morgan fingerprint density at radius 2 is 2.00 bits per heavy atom. The number of carbonyl (C=O) groups is 2. The van der Waals surface area contributed by atoms with Gasteiger partial charge in [-0.3, -0.25) is 14.5 Å². The number of guanidine groups is 1. The molecule has 124 valence electrons. The molecule has 0 aromatic heterocycles. The molecule has 4 N–H and O–H groups in total. The average Bonchev–Trinajstić information content (AvgIpc) is 3.16. The standard InChI is InChI=1S/C11H18N4O2.C3H4.C2H6/c1-11(2)4-8(16)15(10(13)14-11)5-6-3-7(6)9(12)17;1-3-2;1-2/h6-7H,3-5H2,1-2H3,(H2,12,17)(H2,13,14);1H,2H3;1-2H3/t6-,7?;;/m1../s1. The van der Waals surface area contributed by atoms with Gasteiger partial charge in [0.25, 0.3) is 0 Å². The van der Waals surface area contributed by atoms with Gasteiger partial charge >= 0.3 is 0 Å². The highest BCUT2D eigenvalue weighted by atomic mass is 16.2. The molecule has 2 amide bonds. The van der Waals surface area contributed by atoms with E-state index in [1.165, 1.54) is 4.90 Å². The molecule has 2 rings (SSSR count). The number of primary amides is 1. The van der Waals surface area contributed by atoms with E-state index in [0.717, 1.165) is 6.42 Å². The van der Waals surface area contributed by atoms with E-state index in [2.05, 4.69) is 17.3 Å². The van der Waals surface area contributed by atoms with Crippen molar-refractivity contribution in [3.63, 3.8) is 0 Å². The van der Waals surface area contributed by atoms with Crippen LogP contribution in [0.4, 0.5) is 0 Å². The summed E-state index contributed by atoms with van der Waals surface area (Å²) in [5.74, 6) is 2.21. The summed E-state index contributed by atoms with van der Waals surface area (Å²) in [5.41, 5.74) is 10.6. The van der Waals surface area contributed by atoms with E-state index in [4.69, 9.17) is 11.5 Å². The molecule has 6 heteroatoms. The normalized spacial score (nSPS) is 24.6. The minimum Gasteiger partial charge on any atom is -0.369 e. The largest absolute Gasteiger partial charge is 0.369 e. The summed E-state index contributed by atoms with van der Waals surface area (Å²) in [6, 6.07) is 0. The second kappa shape index (κ2) is 8.42. The molecule has 1 aliphatic carbocycles. The van der Waals surface area contributed by atoms with Crippen molar-refractivity contribution < 1.29 is 9.59 Å². The molecule has 1 aliphatic heterocycles. The minimum absolute atomic E-state index is 0.0300. The van der Waals surface area contributed by atoms with E-state index in [-0.39, 0.29) is 29.6 Å². The van der Waals surface area contributed by atoms with E-state index < -0.39 is 5.54 Å². The van der Waals surface area contributed by atoms with Crippen molar-refractivity contribution in [1.29, 1.82) is 0 Å². The van der Waals surface area contributed by atoms with Gasteiger partial charge in [0.05, 0.1) is 12.0 Å². The Hall–Kier alpha value is -2.03. The first-order chi connectivity index (χ1) is 10.2. The van der Waals surface area contributed by atoms with Gasteiger partial charge in [0.2, 0.25) is 11.8 Å². The Kier molecular flexibility index (Phi) is 7.64. The Morgan fingerprint density at radius 1 is 1.50 bits per heavy atom. The Bertz CT molecular complexity index is 477. The first kappa shape index (κ1) is 20.0. The molecule has 0 saturated heterocycles. The lowest BCUT2D eigenvalue weighted by molar-refractivity contribution is -0.129. The molecule has 22 heavy (non-hydrogen) atoms. The van der Waals surface area contributed by atoms with Gasteiger partial charge in [-0.25, -0.2) is 4.99 Å². The molecule has 0 aromatic rings. The van der Waals surface area contributed by atoms with Crippen LogP contribution >= 0.6 is 0 Å². The number of nitrogens with two attached hydrogens (primary N) is 2. The number of amides is 2. The van der Waals surface area contributed by atoms with Crippen LogP contribution in [-0.4, -0.2) is 34.8 Å². The third-order valence-electron chi connectivity index (χ3n) is 3.28. The van der Waals surface area contributed by atoms with Gasteiger partial charge in [0, 0.05) is 12.5 Å². The minimum atomic E-state index is -0.426. The van der Waals surface area contributed by atoms with Crippen LogP contribution in [0.5, 0.6) is 0 Å². The molecule has 2 aliphatic rings. The van der Waals surface area contributed by atoms with Crippen molar-refractivity contribution in [2.24, 2.45) is 28.3 Å². The predicted octanol–water partition coefficient (Wildman–Crippen LogP) is 1.10. The van der Waals surface area contributed by atoms with Crippen LogP contribution < -0.4 is 11.5 Å². The lowest BCUT2D eigenvalue weighted by atomic mass is 9.99. The van der Waals surface area contributed by atoms with Crippen LogP contribution in [0.2, 0.25) is 0 Å². The summed E-state index contributed by atoms with van der Waals surface area (Å²) in [6.07, 6.45) is 5.69. The summed E-state index contributed by atoms with van der Waals surface area (Å²) in [7, 11) is 0. The van der Waals surface area contributed by atoms with Crippen molar-refractivity contribution in [2.45, 2.75) is 53.0 Å². The summed E-state index contributed by atoms with van der Waals surface area (Å²) in [5, 5.41) is 0. The Balaban J connectivity index is 0.000000789. The molecule has 2 atom stereocenters. The highest BCUT2D eigenvalue weighted by Crippen LogP contribution is 2.39. The maximum Gasteiger partial charge on any atom is 0.231 e. The molecule has 1 heterocycles. The molecule has 0 spiro atoms. The SMILES string of the molecule is C#CC.CC.CC1(C)CC(=O)N(C[C@H]2CC2C(N)=O)C(N)=N1. The average molecular weight is 308 g/mol. The molecule has 0 bridgehead atoms. The number of hydrogen-bond donors (Lipinski definition) is 2. The molecule has 1 saturated carbocycles. The van der Waals surface area contributed by atoms with Crippen LogP contribution in [0, 0.1) is 24.2 Å². The number of aliphatic imine (C=N–C) groups is 1. The summed E-state index contributed by atoms with van der Waals surface area (Å²) in [4.78, 5) is 28.6. The van der Waals surface area contributed by atoms with E-state index in [0.29, 0.717) is 13.0 Å². The third kappa shape index (κ3) is 5.76. The topological polar surface area (TPSA) is 102 Å². The fourth-order valence-electron chi connectivity index (χ4n) is 2.23. The highest BCUT2D eigenvalue weighted by molar-refractivity contribution is 5.99. The second-order valence-corrected chi connectivity index (χ2v) is 5.76. The van der Waals surface area contributed by atoms with E-state index in [1.54, 1.807) is 6.92 Å². The van der Waals surface area contributed by atoms with Crippen LogP contribution in [0.15, 0.2) is 4.99 Å². The quantitative estimate of drug-likeness (QED) is 0.763. The van der Waals surface area contributed by atoms with Gasteiger partial charge in [-0.1, -0.05) is 13.8 Å². The lowest BCUT2D eigenvalue weighted by Gasteiger charge is -2.32. The van der Waals surface area contributed by atoms with Gasteiger partial charge in [0.1, 0.15) is 0 Å². The zero-order chi connectivity index (χ0) is 17.5. The first-order valence-electron chi connectivity index (χ1n) is 7.54. The van der Waals surface area contributed by atoms with Crippen molar-refractivity contribution >= 4 is 17.8 Å². The first-order valence-corrected chi connectivity index (χ1v) is 7.54. The van der Waals surface area contributed by atoms with Crippen LogP contribution in [-0.2, 0) is 9.59 Å². The number of rotatable bonds is 3. The van der Waals surface area contributed by atoms with E-state index in [1.807, 2.05) is 27.7 Å². The van der Waals surface area contributed by atoms with Gasteiger partial charge < -0.3 is 11.5 Å². The molecule has 1 unspecified atom stereocenters. The van der Waals surface area contributed by atoms with Crippen LogP contribution in [0.1, 0.15) is 47.5 Å². The van der Waals surface area contributed by atoms with Crippen molar-refractivity contribution in [3.8, 4) is 12.3 Å². The maximum absolute atomic E-state index is 11.9. The molecular formula is C16H28N4O2. The summed E-state index contributed by atoms with van der Waals surface area (Å²) >= 11 is 0. The Labute approximate surface area is 133 Å². The summed E-state index contributed by atoms with van der Waals surface area (Å²) in [6.45, 7) is 9.86. The molecule has 1 fully saturated rings. The molecule has 0 aromatic carbocycles. The van der Waals surface area contributed by atoms with Crippen LogP contribution in [0.3, 0.4) is 0 Å². The van der Waals surface area contributed by atoms with Crippen molar-refractivity contribution in [2.75, 3.05) is 6.54 Å². The fraction of sp³-hybridized carbons (Fsp3) is 0.688. The zero-order valence-electron chi connectivity index (χ0n) is 14.2. The smallest absolute Gasteiger partial charge is 0.231 e. The van der Waals surface area contributed by atoms with Crippen molar-refractivity contribution in [1.82, 2.24) is 4.90 Å². The monoisotopic (exact) mass is 308 g/mol. The van der Waals surface area contributed by atoms with Gasteiger partial charge in [0.15, 0.2) is 5.96 Å². The maximum atomic E-state index is 11.9. The fourth-order valence-corrected chi connectivity index (χ4v) is 2.23. The lowest BCUT2D eigenvalue weighted by Crippen LogP contribution is -2.50. The zero-order valence-corrected chi connectivity index (χ0v) is 14.2.